The Bertz CT molecular complexity index is 850. The molecule has 0 heterocycles. The van der Waals surface area contributed by atoms with Gasteiger partial charge in [-0.25, -0.2) is 9.59 Å². The van der Waals surface area contributed by atoms with Crippen LogP contribution in [0.4, 0.5) is 10.5 Å². The van der Waals surface area contributed by atoms with Crippen molar-refractivity contribution in [1.82, 2.24) is 5.32 Å². The number of carbonyl (C=O) groups is 3. The molecule has 0 saturated carbocycles. The Morgan fingerprint density at radius 3 is 2.13 bits per heavy atom. The van der Waals surface area contributed by atoms with E-state index < -0.39 is 24.1 Å². The van der Waals surface area contributed by atoms with Crippen molar-refractivity contribution in [1.29, 1.82) is 0 Å². The molecule has 2 amide bonds. The fourth-order valence-electron chi connectivity index (χ4n) is 2.75. The molecule has 2 rings (SSSR count). The summed E-state index contributed by atoms with van der Waals surface area (Å²) in [4.78, 5) is 37.5. The largest absolute Gasteiger partial charge is 0.494 e. The molecule has 0 aliphatic rings. The standard InChI is InChI=1S/C23H28N2O5/c1-5-29-19-13-11-17(12-14-19)21(26)16(4)30-22(27)20(15(2)3)25-23(28)24-18-9-7-6-8-10-18/h6-16,20H,5H2,1-4H3,(H2,24,25,28)/t16-,20+/m1/s1. The van der Waals surface area contributed by atoms with E-state index in [-0.39, 0.29) is 11.7 Å². The molecule has 0 radical (unpaired) electrons. The minimum absolute atomic E-state index is 0.230. The second kappa shape index (κ2) is 11.0. The highest BCUT2D eigenvalue weighted by Crippen LogP contribution is 2.15. The third-order valence-corrected chi connectivity index (χ3v) is 4.35. The summed E-state index contributed by atoms with van der Waals surface area (Å²) >= 11 is 0. The Morgan fingerprint density at radius 2 is 1.57 bits per heavy atom. The van der Waals surface area contributed by atoms with Crippen molar-refractivity contribution in [3.05, 3.63) is 60.2 Å². The molecule has 0 aliphatic heterocycles. The molecule has 7 heteroatoms. The molecule has 0 fully saturated rings. The number of hydrogen-bond acceptors (Lipinski definition) is 5. The van der Waals surface area contributed by atoms with Gasteiger partial charge < -0.3 is 20.1 Å². The number of urea groups is 1. The summed E-state index contributed by atoms with van der Waals surface area (Å²) in [5.74, 6) is -0.568. The number of esters is 1. The van der Waals surface area contributed by atoms with Gasteiger partial charge in [0.15, 0.2) is 6.10 Å². The van der Waals surface area contributed by atoms with E-state index in [1.807, 2.05) is 13.0 Å². The summed E-state index contributed by atoms with van der Waals surface area (Å²) in [5.41, 5.74) is 1.01. The predicted octanol–water partition coefficient (Wildman–Crippen LogP) is 4.05. The number of nitrogens with one attached hydrogen (secondary N) is 2. The highest BCUT2D eigenvalue weighted by atomic mass is 16.5. The summed E-state index contributed by atoms with van der Waals surface area (Å²) in [6, 6.07) is 14.1. The highest BCUT2D eigenvalue weighted by Gasteiger charge is 2.29. The van der Waals surface area contributed by atoms with Crippen molar-refractivity contribution in [3.63, 3.8) is 0 Å². The summed E-state index contributed by atoms with van der Waals surface area (Å²) in [5, 5.41) is 5.28. The van der Waals surface area contributed by atoms with E-state index >= 15 is 0 Å². The Labute approximate surface area is 176 Å². The van der Waals surface area contributed by atoms with Crippen molar-refractivity contribution in [2.24, 2.45) is 5.92 Å². The minimum Gasteiger partial charge on any atom is -0.494 e. The van der Waals surface area contributed by atoms with Crippen molar-refractivity contribution in [2.75, 3.05) is 11.9 Å². The number of amides is 2. The fraction of sp³-hybridized carbons (Fsp3) is 0.348. The Balaban J connectivity index is 1.97. The maximum atomic E-state index is 12.6. The summed E-state index contributed by atoms with van der Waals surface area (Å²) in [6.07, 6.45) is -0.990. The first-order valence-electron chi connectivity index (χ1n) is 9.92. The van der Waals surface area contributed by atoms with Gasteiger partial charge in [-0.1, -0.05) is 32.0 Å². The molecule has 0 spiro atoms. The maximum absolute atomic E-state index is 12.6. The van der Waals surface area contributed by atoms with Crippen LogP contribution in [0.3, 0.4) is 0 Å². The van der Waals surface area contributed by atoms with E-state index in [2.05, 4.69) is 10.6 Å². The van der Waals surface area contributed by atoms with Gasteiger partial charge in [0.25, 0.3) is 0 Å². The quantitative estimate of drug-likeness (QED) is 0.479. The lowest BCUT2D eigenvalue weighted by Crippen LogP contribution is -2.48. The normalized spacial score (nSPS) is 12.6. The molecule has 7 nitrogen and oxygen atoms in total. The predicted molar refractivity (Wildman–Crippen MR) is 115 cm³/mol. The number of ketones is 1. The SMILES string of the molecule is CCOc1ccc(C(=O)[C@@H](C)OC(=O)[C@@H](NC(=O)Nc2ccccc2)C(C)C)cc1. The molecule has 30 heavy (non-hydrogen) atoms. The van der Waals surface area contributed by atoms with Gasteiger partial charge >= 0.3 is 12.0 Å². The fourth-order valence-corrected chi connectivity index (χ4v) is 2.75. The van der Waals surface area contributed by atoms with Crippen LogP contribution in [0.5, 0.6) is 5.75 Å². The molecule has 0 saturated heterocycles. The van der Waals surface area contributed by atoms with Crippen LogP contribution in [0, 0.1) is 5.92 Å². The zero-order valence-corrected chi connectivity index (χ0v) is 17.7. The zero-order valence-electron chi connectivity index (χ0n) is 17.7. The van der Waals surface area contributed by atoms with E-state index in [4.69, 9.17) is 9.47 Å². The van der Waals surface area contributed by atoms with Crippen LogP contribution >= 0.6 is 0 Å². The van der Waals surface area contributed by atoms with Gasteiger partial charge in [-0.2, -0.15) is 0 Å². The smallest absolute Gasteiger partial charge is 0.329 e. The molecule has 2 atom stereocenters. The van der Waals surface area contributed by atoms with Gasteiger partial charge in [0, 0.05) is 11.3 Å². The molecule has 0 aliphatic carbocycles. The second-order valence-electron chi connectivity index (χ2n) is 7.09. The van der Waals surface area contributed by atoms with Gasteiger partial charge in [-0.05, 0) is 56.2 Å². The first-order chi connectivity index (χ1) is 14.3. The van der Waals surface area contributed by atoms with Gasteiger partial charge in [0.2, 0.25) is 5.78 Å². The van der Waals surface area contributed by atoms with Gasteiger partial charge in [0.05, 0.1) is 6.61 Å². The van der Waals surface area contributed by atoms with Crippen LogP contribution < -0.4 is 15.4 Å². The van der Waals surface area contributed by atoms with Crippen LogP contribution in [0.25, 0.3) is 0 Å². The lowest BCUT2D eigenvalue weighted by atomic mass is 10.0. The average Bonchev–Trinajstić information content (AvgIpc) is 2.72. The van der Waals surface area contributed by atoms with Gasteiger partial charge in [-0.3, -0.25) is 4.79 Å². The minimum atomic E-state index is -0.990. The molecular weight excluding hydrogens is 384 g/mol. The van der Waals surface area contributed by atoms with Crippen LogP contribution in [-0.4, -0.2) is 36.5 Å². The molecule has 0 bridgehead atoms. The number of Topliss-reactive ketones (excluding diaryl/α,β-unsaturated/α-hetero) is 1. The molecule has 0 aromatic heterocycles. The third kappa shape index (κ3) is 6.62. The Hall–Kier alpha value is -3.35. The van der Waals surface area contributed by atoms with E-state index in [1.54, 1.807) is 62.4 Å². The summed E-state index contributed by atoms with van der Waals surface area (Å²) in [7, 11) is 0. The molecule has 2 N–H and O–H groups in total. The topological polar surface area (TPSA) is 93.7 Å². The number of benzene rings is 2. The molecule has 160 valence electrons. The molecule has 2 aromatic carbocycles. The molecule has 0 unspecified atom stereocenters. The lowest BCUT2D eigenvalue weighted by Gasteiger charge is -2.23. The summed E-state index contributed by atoms with van der Waals surface area (Å²) < 4.78 is 10.7. The van der Waals surface area contributed by atoms with Crippen LogP contribution in [0.1, 0.15) is 38.1 Å². The number of hydrogen-bond donors (Lipinski definition) is 2. The van der Waals surface area contributed by atoms with E-state index in [0.717, 1.165) is 0 Å². The van der Waals surface area contributed by atoms with Crippen LogP contribution in [0.2, 0.25) is 0 Å². The van der Waals surface area contributed by atoms with E-state index in [1.165, 1.54) is 6.92 Å². The van der Waals surface area contributed by atoms with Crippen LogP contribution in [-0.2, 0) is 9.53 Å². The Morgan fingerprint density at radius 1 is 0.933 bits per heavy atom. The monoisotopic (exact) mass is 412 g/mol. The maximum Gasteiger partial charge on any atom is 0.329 e. The lowest BCUT2D eigenvalue weighted by molar-refractivity contribution is -0.149. The average molecular weight is 412 g/mol. The number of ether oxygens (including phenoxy) is 2. The first kappa shape index (κ1) is 22.9. The second-order valence-corrected chi connectivity index (χ2v) is 7.09. The number of anilines is 1. The van der Waals surface area contributed by atoms with Gasteiger partial charge in [0.1, 0.15) is 11.8 Å². The number of para-hydroxylation sites is 1. The summed E-state index contributed by atoms with van der Waals surface area (Å²) in [6.45, 7) is 7.49. The zero-order chi connectivity index (χ0) is 22.1. The van der Waals surface area contributed by atoms with Crippen molar-refractivity contribution in [3.8, 4) is 5.75 Å². The number of carbonyl (C=O) groups excluding carboxylic acids is 3. The molecular formula is C23H28N2O5. The first-order valence-corrected chi connectivity index (χ1v) is 9.92. The van der Waals surface area contributed by atoms with Gasteiger partial charge in [-0.15, -0.1) is 0 Å². The third-order valence-electron chi connectivity index (χ3n) is 4.35. The molecule has 2 aromatic rings. The van der Waals surface area contributed by atoms with Crippen LogP contribution in [0.15, 0.2) is 54.6 Å². The van der Waals surface area contributed by atoms with E-state index in [0.29, 0.717) is 23.6 Å². The van der Waals surface area contributed by atoms with Crippen molar-refractivity contribution >= 4 is 23.5 Å². The Kier molecular flexibility index (Phi) is 8.41. The van der Waals surface area contributed by atoms with Crippen molar-refractivity contribution < 1.29 is 23.9 Å². The number of rotatable bonds is 9. The highest BCUT2D eigenvalue weighted by molar-refractivity contribution is 6.00. The van der Waals surface area contributed by atoms with E-state index in [9.17, 15) is 14.4 Å². The van der Waals surface area contributed by atoms with Crippen molar-refractivity contribution in [2.45, 2.75) is 39.8 Å².